The minimum atomic E-state index is -0.691. The fourth-order valence-corrected chi connectivity index (χ4v) is 2.98. The van der Waals surface area contributed by atoms with E-state index >= 15 is 0 Å². The van der Waals surface area contributed by atoms with E-state index in [1.54, 1.807) is 6.07 Å². The predicted octanol–water partition coefficient (Wildman–Crippen LogP) is 3.02. The number of fused-ring (bicyclic) bond motifs is 1. The van der Waals surface area contributed by atoms with Gasteiger partial charge in [-0.05, 0) is 42.0 Å². The molecule has 2 amide bonds. The monoisotopic (exact) mass is 385 g/mol. The summed E-state index contributed by atoms with van der Waals surface area (Å²) in [6, 6.07) is 2.73. The molecule has 0 saturated carbocycles. The predicted molar refractivity (Wildman–Crippen MR) is 104 cm³/mol. The Kier molecular flexibility index (Phi) is 8.50. The highest BCUT2D eigenvalue weighted by molar-refractivity contribution is 5.97. The number of anilines is 1. The zero-order chi connectivity index (χ0) is 18.6. The largest absolute Gasteiger partial charge is 0.344 e. The lowest BCUT2D eigenvalue weighted by atomic mass is 9.98. The maximum Gasteiger partial charge on any atom is 0.247 e. The lowest BCUT2D eigenvalue weighted by molar-refractivity contribution is -0.127. The van der Waals surface area contributed by atoms with E-state index < -0.39 is 6.04 Å². The first kappa shape index (κ1) is 22.4. The highest BCUT2D eigenvalue weighted by Crippen LogP contribution is 2.25. The second-order valence-electron chi connectivity index (χ2n) is 7.37. The number of rotatable bonds is 6. The molecule has 1 aromatic rings. The zero-order valence-corrected chi connectivity index (χ0v) is 16.6. The maximum atomic E-state index is 14.7. The van der Waals surface area contributed by atoms with E-state index in [4.69, 9.17) is 0 Å². The first-order chi connectivity index (χ1) is 11.8. The number of benzene rings is 1. The molecule has 26 heavy (non-hydrogen) atoms. The van der Waals surface area contributed by atoms with E-state index in [2.05, 4.69) is 16.0 Å². The highest BCUT2D eigenvalue weighted by Gasteiger charge is 2.26. The van der Waals surface area contributed by atoms with Crippen molar-refractivity contribution in [3.63, 3.8) is 0 Å². The molecule has 0 fully saturated rings. The van der Waals surface area contributed by atoms with Gasteiger partial charge in [0.2, 0.25) is 11.8 Å². The van der Waals surface area contributed by atoms with Crippen LogP contribution in [0.1, 0.15) is 45.2 Å². The van der Waals surface area contributed by atoms with Crippen LogP contribution in [-0.4, -0.2) is 24.4 Å². The van der Waals surface area contributed by atoms with Crippen molar-refractivity contribution >= 4 is 29.9 Å². The van der Waals surface area contributed by atoms with Crippen molar-refractivity contribution in [1.82, 2.24) is 10.6 Å². The van der Waals surface area contributed by atoms with Gasteiger partial charge in [-0.15, -0.1) is 12.4 Å². The summed E-state index contributed by atoms with van der Waals surface area (Å²) in [5.41, 5.74) is 1.75. The van der Waals surface area contributed by atoms with E-state index in [1.165, 1.54) is 0 Å². The summed E-state index contributed by atoms with van der Waals surface area (Å²) in [7, 11) is 0. The van der Waals surface area contributed by atoms with Gasteiger partial charge < -0.3 is 16.0 Å². The summed E-state index contributed by atoms with van der Waals surface area (Å²) in [6.07, 6.45) is 0.959. The normalized spacial score (nSPS) is 14.4. The van der Waals surface area contributed by atoms with Crippen molar-refractivity contribution in [1.29, 1.82) is 0 Å². The van der Waals surface area contributed by atoms with E-state index in [-0.39, 0.29) is 47.6 Å². The van der Waals surface area contributed by atoms with Crippen LogP contribution >= 0.6 is 12.4 Å². The molecule has 0 saturated heterocycles. The van der Waals surface area contributed by atoms with Crippen LogP contribution in [0, 0.1) is 17.7 Å². The zero-order valence-electron chi connectivity index (χ0n) is 15.8. The topological polar surface area (TPSA) is 70.2 Å². The second-order valence-corrected chi connectivity index (χ2v) is 7.37. The Labute approximate surface area is 160 Å². The SMILES string of the molecule is CC(C)CC(=O)NC(C(=O)Nc1ccc2c(c1F)CCNC2)C(C)C.Cl. The van der Waals surface area contributed by atoms with Crippen molar-refractivity contribution in [2.75, 3.05) is 11.9 Å². The van der Waals surface area contributed by atoms with Gasteiger partial charge in [0.15, 0.2) is 0 Å². The smallest absolute Gasteiger partial charge is 0.247 e. The number of nitrogens with one attached hydrogen (secondary N) is 3. The van der Waals surface area contributed by atoms with E-state index in [0.717, 1.165) is 12.1 Å². The second kappa shape index (κ2) is 9.88. The Bertz CT molecular complexity index is 650. The molecule has 2 rings (SSSR count). The molecule has 3 N–H and O–H groups in total. The van der Waals surface area contributed by atoms with Gasteiger partial charge >= 0.3 is 0 Å². The van der Waals surface area contributed by atoms with Crippen molar-refractivity contribution in [2.24, 2.45) is 11.8 Å². The van der Waals surface area contributed by atoms with Crippen LogP contribution in [0.15, 0.2) is 12.1 Å². The van der Waals surface area contributed by atoms with E-state index in [9.17, 15) is 14.0 Å². The summed E-state index contributed by atoms with van der Waals surface area (Å²) in [5, 5.41) is 8.61. The summed E-state index contributed by atoms with van der Waals surface area (Å²) in [6.45, 7) is 8.97. The van der Waals surface area contributed by atoms with Crippen molar-refractivity contribution in [3.05, 3.63) is 29.1 Å². The van der Waals surface area contributed by atoms with Gasteiger partial charge in [0.25, 0.3) is 0 Å². The van der Waals surface area contributed by atoms with Gasteiger partial charge in [-0.2, -0.15) is 0 Å². The average molecular weight is 386 g/mol. The van der Waals surface area contributed by atoms with Crippen LogP contribution < -0.4 is 16.0 Å². The Balaban J connectivity index is 0.00000338. The summed E-state index contributed by atoms with van der Waals surface area (Å²) >= 11 is 0. The lowest BCUT2D eigenvalue weighted by Crippen LogP contribution is -2.47. The molecule has 1 heterocycles. The average Bonchev–Trinajstić information content (AvgIpc) is 2.54. The molecule has 146 valence electrons. The Morgan fingerprint density at radius 3 is 2.54 bits per heavy atom. The lowest BCUT2D eigenvalue weighted by Gasteiger charge is -2.24. The molecule has 0 spiro atoms. The minimum absolute atomic E-state index is 0. The van der Waals surface area contributed by atoms with Gasteiger partial charge in [0.1, 0.15) is 11.9 Å². The molecule has 7 heteroatoms. The third-order valence-electron chi connectivity index (χ3n) is 4.32. The molecule has 1 atom stereocenters. The van der Waals surface area contributed by atoms with Crippen LogP contribution in [0.5, 0.6) is 0 Å². The number of carbonyl (C=O) groups excluding carboxylic acids is 2. The minimum Gasteiger partial charge on any atom is -0.344 e. The third-order valence-corrected chi connectivity index (χ3v) is 4.32. The Morgan fingerprint density at radius 2 is 1.92 bits per heavy atom. The molecule has 0 aromatic heterocycles. The van der Waals surface area contributed by atoms with Crippen LogP contribution in [0.3, 0.4) is 0 Å². The fraction of sp³-hybridized carbons (Fsp3) is 0.579. The van der Waals surface area contributed by atoms with Gasteiger partial charge in [-0.3, -0.25) is 9.59 Å². The first-order valence-electron chi connectivity index (χ1n) is 8.90. The molecule has 0 bridgehead atoms. The number of hydrogen-bond donors (Lipinski definition) is 3. The molecule has 1 aromatic carbocycles. The number of halogens is 2. The molecule has 0 radical (unpaired) electrons. The van der Waals surface area contributed by atoms with Crippen molar-refractivity contribution in [3.8, 4) is 0 Å². The molecule has 0 aliphatic carbocycles. The molecular weight excluding hydrogens is 357 g/mol. The molecule has 1 aliphatic rings. The summed E-state index contributed by atoms with van der Waals surface area (Å²) in [5.74, 6) is -0.812. The number of carbonyl (C=O) groups is 2. The fourth-order valence-electron chi connectivity index (χ4n) is 2.98. The molecule has 1 aliphatic heterocycles. The van der Waals surface area contributed by atoms with E-state index in [0.29, 0.717) is 24.9 Å². The number of hydrogen-bond acceptors (Lipinski definition) is 3. The Hall–Kier alpha value is -1.66. The van der Waals surface area contributed by atoms with Crippen LogP contribution in [0.2, 0.25) is 0 Å². The first-order valence-corrected chi connectivity index (χ1v) is 8.90. The van der Waals surface area contributed by atoms with Gasteiger partial charge in [-0.1, -0.05) is 33.8 Å². The van der Waals surface area contributed by atoms with Gasteiger partial charge in [0, 0.05) is 13.0 Å². The third kappa shape index (κ3) is 5.68. The van der Waals surface area contributed by atoms with Crippen molar-refractivity contribution in [2.45, 2.75) is 53.1 Å². The summed E-state index contributed by atoms with van der Waals surface area (Å²) < 4.78 is 14.7. The number of amides is 2. The molecule has 5 nitrogen and oxygen atoms in total. The summed E-state index contributed by atoms with van der Waals surface area (Å²) in [4.78, 5) is 24.6. The van der Waals surface area contributed by atoms with Crippen LogP contribution in [0.4, 0.5) is 10.1 Å². The molecular formula is C19H29ClFN3O2. The van der Waals surface area contributed by atoms with Crippen LogP contribution in [0.25, 0.3) is 0 Å². The van der Waals surface area contributed by atoms with Gasteiger partial charge in [0.05, 0.1) is 5.69 Å². The molecule has 1 unspecified atom stereocenters. The van der Waals surface area contributed by atoms with Crippen LogP contribution in [-0.2, 0) is 22.6 Å². The quantitative estimate of drug-likeness (QED) is 0.705. The maximum absolute atomic E-state index is 14.7. The van der Waals surface area contributed by atoms with Crippen molar-refractivity contribution < 1.29 is 14.0 Å². The van der Waals surface area contributed by atoms with Gasteiger partial charge in [-0.25, -0.2) is 4.39 Å². The standard InChI is InChI=1S/C19H28FN3O2.ClH/c1-11(2)9-16(24)23-18(12(3)4)19(25)22-15-6-5-13-10-21-8-7-14(13)17(15)20;/h5-6,11-12,18,21H,7-10H2,1-4H3,(H,22,25)(H,23,24);1H. The highest BCUT2D eigenvalue weighted by atomic mass is 35.5. The Morgan fingerprint density at radius 1 is 1.23 bits per heavy atom. The van der Waals surface area contributed by atoms with E-state index in [1.807, 2.05) is 33.8 Å².